The molecular weight excluding hydrogens is 412 g/mol. The van der Waals surface area contributed by atoms with Gasteiger partial charge in [0.25, 0.3) is 11.8 Å². The Morgan fingerprint density at radius 2 is 1.48 bits per heavy atom. The second-order valence-electron chi connectivity index (χ2n) is 6.67. The number of carbonyl (C=O) groups is 2. The summed E-state index contributed by atoms with van der Waals surface area (Å²) in [7, 11) is 0. The van der Waals surface area contributed by atoms with E-state index < -0.39 is 5.91 Å². The lowest BCUT2D eigenvalue weighted by Gasteiger charge is -2.10. The Labute approximate surface area is 185 Å². The maximum atomic E-state index is 12.2. The zero-order valence-electron chi connectivity index (χ0n) is 17.2. The van der Waals surface area contributed by atoms with E-state index in [-0.39, 0.29) is 12.5 Å². The van der Waals surface area contributed by atoms with Gasteiger partial charge in [0, 0.05) is 11.3 Å². The fraction of sp³-hybridized carbons (Fsp3) is 0.167. The summed E-state index contributed by atoms with van der Waals surface area (Å²) in [5.41, 5.74) is 7.37. The molecule has 2 amide bonds. The number of ether oxygens (including phenoxy) is 2. The number of nitrogens with one attached hydrogen (secondary N) is 2. The highest BCUT2D eigenvalue weighted by atomic mass is 32.2. The van der Waals surface area contributed by atoms with Crippen molar-refractivity contribution in [2.24, 2.45) is 0 Å². The summed E-state index contributed by atoms with van der Waals surface area (Å²) in [6.45, 7) is 0.250. The molecule has 0 saturated carbocycles. The van der Waals surface area contributed by atoms with E-state index in [0.29, 0.717) is 23.7 Å². The predicted molar refractivity (Wildman–Crippen MR) is 122 cm³/mol. The Bertz CT molecular complexity index is 994. The van der Waals surface area contributed by atoms with Crippen molar-refractivity contribution >= 4 is 23.6 Å². The summed E-state index contributed by atoms with van der Waals surface area (Å²) < 4.78 is 11.2. The summed E-state index contributed by atoms with van der Waals surface area (Å²) in [6.07, 6.45) is 2.00. The predicted octanol–water partition coefficient (Wildman–Crippen LogP) is 3.97. The standard InChI is InChI=1S/C24H24N2O4S/c1-31-17-19-8-5-9-20(14-19)24(28)26-25-23(27)16-30-22-12-10-21(11-13-22)29-15-18-6-3-2-4-7-18/h2-14H,15-17H2,1H3,(H,25,27)(H,26,28). The average Bonchev–Trinajstić information content (AvgIpc) is 2.81. The fourth-order valence-corrected chi connectivity index (χ4v) is 3.24. The molecule has 0 aromatic heterocycles. The van der Waals surface area contributed by atoms with E-state index in [1.54, 1.807) is 48.2 Å². The van der Waals surface area contributed by atoms with Gasteiger partial charge >= 0.3 is 0 Å². The van der Waals surface area contributed by atoms with Crippen LogP contribution in [-0.2, 0) is 17.2 Å². The van der Waals surface area contributed by atoms with Gasteiger partial charge in [-0.25, -0.2) is 0 Å². The first-order valence-corrected chi connectivity index (χ1v) is 11.1. The lowest BCUT2D eigenvalue weighted by Crippen LogP contribution is -2.43. The molecule has 0 spiro atoms. The molecule has 0 saturated heterocycles. The van der Waals surface area contributed by atoms with Gasteiger partial charge in [-0.2, -0.15) is 11.8 Å². The molecule has 3 rings (SSSR count). The van der Waals surface area contributed by atoms with Gasteiger partial charge in [-0.3, -0.25) is 20.4 Å². The molecular formula is C24H24N2O4S. The summed E-state index contributed by atoms with van der Waals surface area (Å²) in [5, 5.41) is 0. The number of hydrogen-bond donors (Lipinski definition) is 2. The van der Waals surface area contributed by atoms with Gasteiger partial charge in [0.05, 0.1) is 0 Å². The molecule has 3 aromatic rings. The second kappa shape index (κ2) is 11.7. The van der Waals surface area contributed by atoms with Gasteiger partial charge in [0.15, 0.2) is 6.61 Å². The molecule has 0 bridgehead atoms. The summed E-state index contributed by atoms with van der Waals surface area (Å²) >= 11 is 1.67. The van der Waals surface area contributed by atoms with E-state index in [1.807, 2.05) is 48.7 Å². The van der Waals surface area contributed by atoms with Gasteiger partial charge in [0.1, 0.15) is 18.1 Å². The van der Waals surface area contributed by atoms with Crippen LogP contribution in [0.3, 0.4) is 0 Å². The second-order valence-corrected chi connectivity index (χ2v) is 7.54. The first kappa shape index (κ1) is 22.2. The minimum absolute atomic E-state index is 0.225. The number of hydrazine groups is 1. The smallest absolute Gasteiger partial charge is 0.276 e. The van der Waals surface area contributed by atoms with E-state index >= 15 is 0 Å². The van der Waals surface area contributed by atoms with E-state index in [4.69, 9.17) is 9.47 Å². The third-order valence-corrected chi connectivity index (χ3v) is 4.88. The van der Waals surface area contributed by atoms with Gasteiger partial charge in [-0.05, 0) is 53.8 Å². The minimum atomic E-state index is -0.460. The number of carbonyl (C=O) groups excluding carboxylic acids is 2. The van der Waals surface area contributed by atoms with Crippen LogP contribution >= 0.6 is 11.8 Å². The molecule has 0 atom stereocenters. The number of amides is 2. The van der Waals surface area contributed by atoms with Crippen molar-refractivity contribution in [2.45, 2.75) is 12.4 Å². The summed E-state index contributed by atoms with van der Waals surface area (Å²) in [5.74, 6) is 1.21. The monoisotopic (exact) mass is 436 g/mol. The van der Waals surface area contributed by atoms with Crippen molar-refractivity contribution in [1.29, 1.82) is 0 Å². The Balaban J connectivity index is 1.40. The quantitative estimate of drug-likeness (QED) is 0.497. The van der Waals surface area contributed by atoms with Gasteiger partial charge in [-0.15, -0.1) is 0 Å². The maximum Gasteiger partial charge on any atom is 0.276 e. The zero-order chi connectivity index (χ0) is 21.9. The van der Waals surface area contributed by atoms with Crippen molar-refractivity contribution in [3.63, 3.8) is 0 Å². The van der Waals surface area contributed by atoms with Crippen molar-refractivity contribution in [2.75, 3.05) is 12.9 Å². The van der Waals surface area contributed by atoms with Crippen molar-refractivity contribution < 1.29 is 19.1 Å². The van der Waals surface area contributed by atoms with Crippen LogP contribution < -0.4 is 20.3 Å². The molecule has 0 fully saturated rings. The summed E-state index contributed by atoms with van der Waals surface area (Å²) in [4.78, 5) is 24.2. The fourth-order valence-electron chi connectivity index (χ4n) is 2.73. The van der Waals surface area contributed by atoms with Crippen LogP contribution in [-0.4, -0.2) is 24.7 Å². The summed E-state index contributed by atoms with van der Waals surface area (Å²) in [6, 6.07) is 24.2. The topological polar surface area (TPSA) is 76.7 Å². The molecule has 160 valence electrons. The molecule has 2 N–H and O–H groups in total. The first-order valence-electron chi connectivity index (χ1n) is 9.70. The van der Waals surface area contributed by atoms with Crippen molar-refractivity contribution in [1.82, 2.24) is 10.9 Å². The SMILES string of the molecule is CSCc1cccc(C(=O)NNC(=O)COc2ccc(OCc3ccccc3)cc2)c1. The molecule has 0 aliphatic rings. The van der Waals surface area contributed by atoms with Crippen LogP contribution in [0.5, 0.6) is 11.5 Å². The molecule has 7 heteroatoms. The molecule has 31 heavy (non-hydrogen) atoms. The Morgan fingerprint density at radius 3 is 2.19 bits per heavy atom. The van der Waals surface area contributed by atoms with Gasteiger partial charge in [0.2, 0.25) is 0 Å². The van der Waals surface area contributed by atoms with Crippen LogP contribution in [0.4, 0.5) is 0 Å². The van der Waals surface area contributed by atoms with Crippen LogP contribution in [0.1, 0.15) is 21.5 Å². The number of hydrogen-bond acceptors (Lipinski definition) is 5. The zero-order valence-corrected chi connectivity index (χ0v) is 18.0. The third-order valence-electron chi connectivity index (χ3n) is 4.26. The molecule has 3 aromatic carbocycles. The molecule has 0 unspecified atom stereocenters. The molecule has 6 nitrogen and oxygen atoms in total. The maximum absolute atomic E-state index is 12.2. The normalized spacial score (nSPS) is 10.2. The van der Waals surface area contributed by atoms with Crippen molar-refractivity contribution in [3.8, 4) is 11.5 Å². The van der Waals surface area contributed by atoms with Crippen LogP contribution in [0.2, 0.25) is 0 Å². The van der Waals surface area contributed by atoms with Gasteiger partial charge < -0.3 is 9.47 Å². The Morgan fingerprint density at radius 1 is 0.806 bits per heavy atom. The van der Waals surface area contributed by atoms with Crippen molar-refractivity contribution in [3.05, 3.63) is 95.6 Å². The highest BCUT2D eigenvalue weighted by Crippen LogP contribution is 2.18. The Kier molecular flexibility index (Phi) is 8.37. The van der Waals surface area contributed by atoms with Crippen LogP contribution in [0.15, 0.2) is 78.9 Å². The third kappa shape index (κ3) is 7.38. The lowest BCUT2D eigenvalue weighted by molar-refractivity contribution is -0.123. The van der Waals surface area contributed by atoms with E-state index in [9.17, 15) is 9.59 Å². The number of rotatable bonds is 9. The molecule has 0 heterocycles. The minimum Gasteiger partial charge on any atom is -0.489 e. The van der Waals surface area contributed by atoms with E-state index in [1.165, 1.54) is 0 Å². The van der Waals surface area contributed by atoms with E-state index in [2.05, 4.69) is 10.9 Å². The number of benzene rings is 3. The van der Waals surface area contributed by atoms with Crippen LogP contribution in [0, 0.1) is 0 Å². The Hall–Kier alpha value is -3.45. The highest BCUT2D eigenvalue weighted by Gasteiger charge is 2.09. The lowest BCUT2D eigenvalue weighted by atomic mass is 10.1. The van der Waals surface area contributed by atoms with E-state index in [0.717, 1.165) is 16.9 Å². The average molecular weight is 437 g/mol. The number of thioether (sulfide) groups is 1. The first-order chi connectivity index (χ1) is 15.1. The van der Waals surface area contributed by atoms with Gasteiger partial charge in [-0.1, -0.05) is 42.5 Å². The molecule has 0 radical (unpaired) electrons. The molecule has 0 aliphatic carbocycles. The van der Waals surface area contributed by atoms with Crippen LogP contribution in [0.25, 0.3) is 0 Å². The highest BCUT2D eigenvalue weighted by molar-refractivity contribution is 7.97. The largest absolute Gasteiger partial charge is 0.489 e. The molecule has 0 aliphatic heterocycles.